The summed E-state index contributed by atoms with van der Waals surface area (Å²) in [6.45, 7) is 0.457. The molecule has 2 aliphatic heterocycles. The van der Waals surface area contributed by atoms with Gasteiger partial charge in [-0.15, -0.1) is 0 Å². The standard InChI is InChI=1S/C17H19N3O4/c18-10-4-3-8-17(9-7-13(21)19-16(17)24)20-14(22)11-5-1-2-6-12(11)15(20)23/h1-2,5-6H,3-4,7-10,18H2,(H,19,21,24). The Labute approximate surface area is 139 Å². The van der Waals surface area contributed by atoms with Crippen LogP contribution in [-0.4, -0.2) is 40.6 Å². The molecule has 126 valence electrons. The molecule has 2 aliphatic rings. The second-order valence-electron chi connectivity index (χ2n) is 6.15. The maximum atomic E-state index is 12.8. The van der Waals surface area contributed by atoms with Gasteiger partial charge in [0.1, 0.15) is 5.54 Å². The molecule has 0 spiro atoms. The zero-order valence-electron chi connectivity index (χ0n) is 13.2. The summed E-state index contributed by atoms with van der Waals surface area (Å²) in [5.74, 6) is -1.92. The first-order valence-corrected chi connectivity index (χ1v) is 8.03. The quantitative estimate of drug-likeness (QED) is 0.607. The molecule has 1 saturated heterocycles. The van der Waals surface area contributed by atoms with Crippen molar-refractivity contribution in [3.8, 4) is 0 Å². The first-order chi connectivity index (χ1) is 11.5. The number of amides is 4. The highest BCUT2D eigenvalue weighted by atomic mass is 16.2. The van der Waals surface area contributed by atoms with Gasteiger partial charge in [-0.25, -0.2) is 0 Å². The Morgan fingerprint density at radius 1 is 1.04 bits per heavy atom. The van der Waals surface area contributed by atoms with Crippen LogP contribution in [0.5, 0.6) is 0 Å². The number of imide groups is 2. The van der Waals surface area contributed by atoms with Crippen molar-refractivity contribution in [2.45, 2.75) is 37.6 Å². The summed E-state index contributed by atoms with van der Waals surface area (Å²) in [6.07, 6.45) is 1.81. The van der Waals surface area contributed by atoms with Crippen molar-refractivity contribution < 1.29 is 19.2 Å². The van der Waals surface area contributed by atoms with Crippen molar-refractivity contribution in [1.82, 2.24) is 10.2 Å². The lowest BCUT2D eigenvalue weighted by Crippen LogP contribution is -2.64. The minimum absolute atomic E-state index is 0.0990. The van der Waals surface area contributed by atoms with Gasteiger partial charge in [0.25, 0.3) is 17.7 Å². The molecule has 1 aromatic rings. The normalized spacial score (nSPS) is 23.5. The lowest BCUT2D eigenvalue weighted by molar-refractivity contribution is -0.142. The highest BCUT2D eigenvalue weighted by Crippen LogP contribution is 2.37. The summed E-state index contributed by atoms with van der Waals surface area (Å²) in [7, 11) is 0. The van der Waals surface area contributed by atoms with E-state index in [2.05, 4.69) is 5.32 Å². The molecule has 1 fully saturated rings. The number of benzene rings is 1. The summed E-state index contributed by atoms with van der Waals surface area (Å²) in [4.78, 5) is 50.8. The largest absolute Gasteiger partial charge is 0.330 e. The van der Waals surface area contributed by atoms with Gasteiger partial charge < -0.3 is 5.73 Å². The van der Waals surface area contributed by atoms with Gasteiger partial charge in [0.2, 0.25) is 5.91 Å². The monoisotopic (exact) mass is 329 g/mol. The molecule has 0 radical (unpaired) electrons. The molecule has 1 atom stereocenters. The first-order valence-electron chi connectivity index (χ1n) is 8.03. The predicted octanol–water partition coefficient (Wildman–Crippen LogP) is 0.587. The van der Waals surface area contributed by atoms with Crippen LogP contribution in [0.15, 0.2) is 24.3 Å². The molecule has 0 bridgehead atoms. The maximum absolute atomic E-state index is 12.8. The molecule has 0 aromatic heterocycles. The van der Waals surface area contributed by atoms with Crippen molar-refractivity contribution in [2.24, 2.45) is 5.73 Å². The molecular formula is C17H19N3O4. The maximum Gasteiger partial charge on any atom is 0.262 e. The first kappa shape index (κ1) is 16.3. The molecule has 7 heteroatoms. The predicted molar refractivity (Wildman–Crippen MR) is 85.0 cm³/mol. The zero-order chi connectivity index (χ0) is 17.3. The van der Waals surface area contributed by atoms with E-state index in [1.165, 1.54) is 0 Å². The van der Waals surface area contributed by atoms with E-state index >= 15 is 0 Å². The molecule has 1 aromatic carbocycles. The minimum atomic E-state index is -1.32. The molecule has 3 N–H and O–H groups in total. The number of rotatable bonds is 5. The Bertz CT molecular complexity index is 695. The number of carbonyl (C=O) groups excluding carboxylic acids is 4. The third kappa shape index (κ3) is 2.41. The van der Waals surface area contributed by atoms with E-state index in [0.29, 0.717) is 36.9 Å². The lowest BCUT2D eigenvalue weighted by atomic mass is 9.82. The second kappa shape index (κ2) is 6.16. The number of carbonyl (C=O) groups is 4. The molecule has 0 aliphatic carbocycles. The van der Waals surface area contributed by atoms with E-state index in [4.69, 9.17) is 5.73 Å². The van der Waals surface area contributed by atoms with E-state index in [0.717, 1.165) is 4.90 Å². The van der Waals surface area contributed by atoms with Gasteiger partial charge in [-0.05, 0) is 44.4 Å². The summed E-state index contributed by atoms with van der Waals surface area (Å²) in [6, 6.07) is 6.52. The number of nitrogens with zero attached hydrogens (tertiary/aromatic N) is 1. The van der Waals surface area contributed by atoms with E-state index in [1.54, 1.807) is 24.3 Å². The van der Waals surface area contributed by atoms with Crippen molar-refractivity contribution in [3.05, 3.63) is 35.4 Å². The van der Waals surface area contributed by atoms with E-state index in [9.17, 15) is 19.2 Å². The van der Waals surface area contributed by atoms with Crippen LogP contribution in [0.2, 0.25) is 0 Å². The molecule has 0 saturated carbocycles. The Morgan fingerprint density at radius 2 is 1.67 bits per heavy atom. The van der Waals surface area contributed by atoms with Gasteiger partial charge in [0.05, 0.1) is 11.1 Å². The molecule has 7 nitrogen and oxygen atoms in total. The highest BCUT2D eigenvalue weighted by Gasteiger charge is 2.54. The number of piperidine rings is 1. The van der Waals surface area contributed by atoms with Crippen LogP contribution in [0.25, 0.3) is 0 Å². The van der Waals surface area contributed by atoms with Crippen LogP contribution in [0.4, 0.5) is 0 Å². The number of hydrogen-bond acceptors (Lipinski definition) is 5. The summed E-state index contributed by atoms with van der Waals surface area (Å²) in [5, 5.41) is 2.29. The molecule has 3 rings (SSSR count). The van der Waals surface area contributed by atoms with Gasteiger partial charge in [-0.3, -0.25) is 29.4 Å². The second-order valence-corrected chi connectivity index (χ2v) is 6.15. The van der Waals surface area contributed by atoms with Crippen LogP contribution in [0, 0.1) is 0 Å². The van der Waals surface area contributed by atoms with Gasteiger partial charge in [0, 0.05) is 6.42 Å². The fraction of sp³-hybridized carbons (Fsp3) is 0.412. The fourth-order valence-electron chi connectivity index (χ4n) is 3.44. The number of nitrogens with two attached hydrogens (primary N) is 1. The van der Waals surface area contributed by atoms with Crippen LogP contribution < -0.4 is 11.1 Å². The molecule has 24 heavy (non-hydrogen) atoms. The van der Waals surface area contributed by atoms with Crippen molar-refractivity contribution >= 4 is 23.6 Å². The summed E-state index contributed by atoms with van der Waals surface area (Å²) < 4.78 is 0. The molecule has 4 amide bonds. The van der Waals surface area contributed by atoms with Gasteiger partial charge >= 0.3 is 0 Å². The SMILES string of the molecule is NCCCCC1(N2C(=O)c3ccccc3C2=O)CCC(=O)NC1=O. The smallest absolute Gasteiger partial charge is 0.262 e. The van der Waals surface area contributed by atoms with E-state index in [-0.39, 0.29) is 18.7 Å². The molecular weight excluding hydrogens is 310 g/mol. The third-order valence-corrected chi connectivity index (χ3v) is 4.71. The van der Waals surface area contributed by atoms with Gasteiger partial charge in [-0.1, -0.05) is 12.1 Å². The summed E-state index contributed by atoms with van der Waals surface area (Å²) in [5.41, 5.74) is 4.79. The van der Waals surface area contributed by atoms with E-state index < -0.39 is 23.3 Å². The zero-order valence-corrected chi connectivity index (χ0v) is 13.2. The Hall–Kier alpha value is -2.54. The van der Waals surface area contributed by atoms with Crippen LogP contribution in [0.1, 0.15) is 52.8 Å². The number of hydrogen-bond donors (Lipinski definition) is 2. The fourth-order valence-corrected chi connectivity index (χ4v) is 3.44. The van der Waals surface area contributed by atoms with Crippen LogP contribution in [0.3, 0.4) is 0 Å². The molecule has 2 heterocycles. The number of unbranched alkanes of at least 4 members (excludes halogenated alkanes) is 1. The summed E-state index contributed by atoms with van der Waals surface area (Å²) >= 11 is 0. The minimum Gasteiger partial charge on any atom is -0.330 e. The van der Waals surface area contributed by atoms with Crippen LogP contribution in [-0.2, 0) is 9.59 Å². The van der Waals surface area contributed by atoms with Gasteiger partial charge in [0.15, 0.2) is 0 Å². The lowest BCUT2D eigenvalue weighted by Gasteiger charge is -2.41. The van der Waals surface area contributed by atoms with Crippen molar-refractivity contribution in [3.63, 3.8) is 0 Å². The average molecular weight is 329 g/mol. The topological polar surface area (TPSA) is 110 Å². The van der Waals surface area contributed by atoms with E-state index in [1.807, 2.05) is 0 Å². The van der Waals surface area contributed by atoms with Crippen molar-refractivity contribution in [1.29, 1.82) is 0 Å². The number of fused-ring (bicyclic) bond motifs is 1. The Morgan fingerprint density at radius 3 is 2.21 bits per heavy atom. The number of nitrogens with one attached hydrogen (secondary N) is 1. The molecule has 1 unspecified atom stereocenters. The van der Waals surface area contributed by atoms with Crippen molar-refractivity contribution in [2.75, 3.05) is 6.54 Å². The third-order valence-electron chi connectivity index (χ3n) is 4.71. The highest BCUT2D eigenvalue weighted by molar-refractivity contribution is 6.24. The Balaban J connectivity index is 2.01. The Kier molecular flexibility index (Phi) is 4.19. The van der Waals surface area contributed by atoms with Gasteiger partial charge in [-0.2, -0.15) is 0 Å². The average Bonchev–Trinajstić information content (AvgIpc) is 2.83. The van der Waals surface area contributed by atoms with Crippen LogP contribution >= 0.6 is 0 Å².